The van der Waals surface area contributed by atoms with Crippen molar-refractivity contribution in [2.24, 2.45) is 11.7 Å². The van der Waals surface area contributed by atoms with Crippen molar-refractivity contribution in [3.05, 3.63) is 29.3 Å². The summed E-state index contributed by atoms with van der Waals surface area (Å²) in [5, 5.41) is 5.06. The van der Waals surface area contributed by atoms with E-state index in [0.717, 1.165) is 0 Å². The Morgan fingerprint density at radius 1 is 1.31 bits per heavy atom. The molecule has 3 rings (SSSR count). The monoisotopic (exact) mass is 358 g/mol. The molecule has 2 aliphatic heterocycles. The molecule has 0 saturated carbocycles. The van der Waals surface area contributed by atoms with Gasteiger partial charge in [0.2, 0.25) is 17.7 Å². The van der Waals surface area contributed by atoms with Crippen molar-refractivity contribution in [3.8, 4) is 0 Å². The van der Waals surface area contributed by atoms with Gasteiger partial charge in [0.1, 0.15) is 6.04 Å². The Morgan fingerprint density at radius 2 is 2.04 bits per heavy atom. The third kappa shape index (κ3) is 3.20. The third-order valence-corrected chi connectivity index (χ3v) is 4.86. The number of hydrogen-bond acceptors (Lipinski definition) is 5. The number of hydrogen-bond donors (Lipinski definition) is 3. The maximum atomic E-state index is 12.7. The standard InChI is InChI=1S/C18H22N4O4/c1-9(2)15(19)17(25)20-12-5-3-4-10-11(12)8-22(18(10)26)13-6-7-14(23)21-16(13)24/h3-5,9,13,15H,6-8,19H2,1-2H3,(H,20,25)(H,21,23,24). The summed E-state index contributed by atoms with van der Waals surface area (Å²) in [7, 11) is 0. The van der Waals surface area contributed by atoms with Gasteiger partial charge in [-0.1, -0.05) is 19.9 Å². The molecule has 2 heterocycles. The Kier molecular flexibility index (Phi) is 4.78. The second-order valence-corrected chi connectivity index (χ2v) is 6.99. The molecule has 26 heavy (non-hydrogen) atoms. The van der Waals surface area contributed by atoms with Crippen LogP contribution >= 0.6 is 0 Å². The maximum absolute atomic E-state index is 12.7. The van der Waals surface area contributed by atoms with Gasteiger partial charge in [0.15, 0.2) is 0 Å². The van der Waals surface area contributed by atoms with E-state index < -0.39 is 18.0 Å². The summed E-state index contributed by atoms with van der Waals surface area (Å²) < 4.78 is 0. The Morgan fingerprint density at radius 3 is 2.69 bits per heavy atom. The molecule has 0 radical (unpaired) electrons. The lowest BCUT2D eigenvalue weighted by molar-refractivity contribution is -0.137. The van der Waals surface area contributed by atoms with Crippen LogP contribution in [-0.2, 0) is 20.9 Å². The van der Waals surface area contributed by atoms with Crippen LogP contribution in [0.4, 0.5) is 5.69 Å². The average Bonchev–Trinajstić information content (AvgIpc) is 2.92. The minimum Gasteiger partial charge on any atom is -0.324 e. The Labute approximate surface area is 151 Å². The molecule has 2 unspecified atom stereocenters. The first kappa shape index (κ1) is 18.1. The number of benzene rings is 1. The van der Waals surface area contributed by atoms with Crippen LogP contribution < -0.4 is 16.4 Å². The molecule has 8 nitrogen and oxygen atoms in total. The molecule has 1 aromatic rings. The molecule has 1 saturated heterocycles. The maximum Gasteiger partial charge on any atom is 0.255 e. The molecule has 0 aliphatic carbocycles. The highest BCUT2D eigenvalue weighted by molar-refractivity contribution is 6.07. The molecule has 2 aliphatic rings. The van der Waals surface area contributed by atoms with Gasteiger partial charge >= 0.3 is 0 Å². The van der Waals surface area contributed by atoms with Crippen LogP contribution in [0.25, 0.3) is 0 Å². The number of amides is 4. The molecule has 0 bridgehead atoms. The highest BCUT2D eigenvalue weighted by Gasteiger charge is 2.40. The highest BCUT2D eigenvalue weighted by atomic mass is 16.2. The summed E-state index contributed by atoms with van der Waals surface area (Å²) in [6, 6.07) is 3.72. The molecular formula is C18H22N4O4. The molecule has 4 N–H and O–H groups in total. The van der Waals surface area contributed by atoms with E-state index in [-0.39, 0.29) is 36.6 Å². The largest absolute Gasteiger partial charge is 0.324 e. The lowest BCUT2D eigenvalue weighted by atomic mass is 10.0. The summed E-state index contributed by atoms with van der Waals surface area (Å²) in [4.78, 5) is 49.9. The van der Waals surface area contributed by atoms with Gasteiger partial charge in [0.25, 0.3) is 5.91 Å². The van der Waals surface area contributed by atoms with Gasteiger partial charge in [-0.15, -0.1) is 0 Å². The number of fused-ring (bicyclic) bond motifs is 1. The van der Waals surface area contributed by atoms with Crippen LogP contribution in [0.1, 0.15) is 42.6 Å². The molecule has 0 aromatic heterocycles. The number of nitrogens with one attached hydrogen (secondary N) is 2. The lowest BCUT2D eigenvalue weighted by Gasteiger charge is -2.29. The van der Waals surface area contributed by atoms with E-state index in [4.69, 9.17) is 5.73 Å². The molecule has 1 aromatic carbocycles. The molecule has 2 atom stereocenters. The van der Waals surface area contributed by atoms with E-state index in [1.807, 2.05) is 13.8 Å². The van der Waals surface area contributed by atoms with Crippen molar-refractivity contribution in [1.82, 2.24) is 10.2 Å². The first-order chi connectivity index (χ1) is 12.3. The number of nitrogens with two attached hydrogens (primary N) is 1. The van der Waals surface area contributed by atoms with Gasteiger partial charge in [0, 0.05) is 29.8 Å². The zero-order valence-electron chi connectivity index (χ0n) is 14.7. The normalized spacial score (nSPS) is 20.8. The molecule has 1 fully saturated rings. The predicted octanol–water partition coefficient (Wildman–Crippen LogP) is 0.369. The fourth-order valence-corrected chi connectivity index (χ4v) is 3.22. The van der Waals surface area contributed by atoms with Gasteiger partial charge in [-0.3, -0.25) is 24.5 Å². The first-order valence-corrected chi connectivity index (χ1v) is 8.62. The van der Waals surface area contributed by atoms with Crippen molar-refractivity contribution in [3.63, 3.8) is 0 Å². The van der Waals surface area contributed by atoms with E-state index >= 15 is 0 Å². The average molecular weight is 358 g/mol. The van der Waals surface area contributed by atoms with Crippen molar-refractivity contribution >= 4 is 29.3 Å². The van der Waals surface area contributed by atoms with Gasteiger partial charge in [-0.05, 0) is 24.5 Å². The number of nitrogens with zero attached hydrogens (tertiary/aromatic N) is 1. The van der Waals surface area contributed by atoms with Crippen molar-refractivity contribution in [2.75, 3.05) is 5.32 Å². The van der Waals surface area contributed by atoms with Gasteiger partial charge in [-0.25, -0.2) is 0 Å². The minimum absolute atomic E-state index is 0.0200. The Hall–Kier alpha value is -2.74. The fourth-order valence-electron chi connectivity index (χ4n) is 3.22. The van der Waals surface area contributed by atoms with Crippen molar-refractivity contribution < 1.29 is 19.2 Å². The highest BCUT2D eigenvalue weighted by Crippen LogP contribution is 2.32. The summed E-state index contributed by atoms with van der Waals surface area (Å²) in [6.45, 7) is 3.91. The van der Waals surface area contributed by atoms with Gasteiger partial charge in [-0.2, -0.15) is 0 Å². The van der Waals surface area contributed by atoms with Gasteiger partial charge in [0.05, 0.1) is 6.04 Å². The molecule has 0 spiro atoms. The predicted molar refractivity (Wildman–Crippen MR) is 93.9 cm³/mol. The third-order valence-electron chi connectivity index (χ3n) is 4.86. The minimum atomic E-state index is -0.686. The SMILES string of the molecule is CC(C)C(N)C(=O)Nc1cccc2c1CN(C1CCC(=O)NC1=O)C2=O. The summed E-state index contributed by atoms with van der Waals surface area (Å²) in [6.07, 6.45) is 0.494. The molecule has 8 heteroatoms. The van der Waals surface area contributed by atoms with E-state index in [2.05, 4.69) is 10.6 Å². The summed E-state index contributed by atoms with van der Waals surface area (Å²) in [5.74, 6) is -1.41. The number of piperidine rings is 1. The zero-order chi connectivity index (χ0) is 19.0. The second kappa shape index (κ2) is 6.87. The van der Waals surface area contributed by atoms with E-state index in [0.29, 0.717) is 23.2 Å². The number of anilines is 1. The number of carbonyl (C=O) groups is 4. The zero-order valence-corrected chi connectivity index (χ0v) is 14.7. The van der Waals surface area contributed by atoms with Crippen molar-refractivity contribution in [2.45, 2.75) is 45.3 Å². The molecular weight excluding hydrogens is 336 g/mol. The number of carbonyl (C=O) groups excluding carboxylic acids is 4. The van der Waals surface area contributed by atoms with Crippen LogP contribution in [-0.4, -0.2) is 40.6 Å². The van der Waals surface area contributed by atoms with Crippen LogP contribution in [0.15, 0.2) is 18.2 Å². The van der Waals surface area contributed by atoms with Crippen LogP contribution in [0, 0.1) is 5.92 Å². The first-order valence-electron chi connectivity index (χ1n) is 8.62. The van der Waals surface area contributed by atoms with Crippen LogP contribution in [0.5, 0.6) is 0 Å². The van der Waals surface area contributed by atoms with Crippen molar-refractivity contribution in [1.29, 1.82) is 0 Å². The second-order valence-electron chi connectivity index (χ2n) is 6.99. The van der Waals surface area contributed by atoms with Crippen LogP contribution in [0.3, 0.4) is 0 Å². The fraction of sp³-hybridized carbons (Fsp3) is 0.444. The molecule has 138 valence electrons. The van der Waals surface area contributed by atoms with Gasteiger partial charge < -0.3 is 16.0 Å². The topological polar surface area (TPSA) is 122 Å². The smallest absolute Gasteiger partial charge is 0.255 e. The molecule has 4 amide bonds. The Bertz CT molecular complexity index is 789. The number of imide groups is 1. The quantitative estimate of drug-likeness (QED) is 0.671. The summed E-state index contributed by atoms with van der Waals surface area (Å²) >= 11 is 0. The van der Waals surface area contributed by atoms with E-state index in [1.165, 1.54) is 4.90 Å². The lowest BCUT2D eigenvalue weighted by Crippen LogP contribution is -2.52. The van der Waals surface area contributed by atoms with E-state index in [9.17, 15) is 19.2 Å². The summed E-state index contributed by atoms with van der Waals surface area (Å²) in [5.41, 5.74) is 7.51. The van der Waals surface area contributed by atoms with E-state index in [1.54, 1.807) is 18.2 Å². The van der Waals surface area contributed by atoms with Crippen LogP contribution in [0.2, 0.25) is 0 Å². The number of rotatable bonds is 4. The Balaban J connectivity index is 1.83.